The summed E-state index contributed by atoms with van der Waals surface area (Å²) in [6.45, 7) is 4.35. The lowest BCUT2D eigenvalue weighted by molar-refractivity contribution is -0.138. The molecule has 0 saturated carbocycles. The Morgan fingerprint density at radius 2 is 2.12 bits per heavy atom. The Morgan fingerprint density at radius 1 is 1.36 bits per heavy atom. The van der Waals surface area contributed by atoms with Crippen molar-refractivity contribution in [3.63, 3.8) is 0 Å². The summed E-state index contributed by atoms with van der Waals surface area (Å²) in [5.41, 5.74) is 0.445. The Morgan fingerprint density at radius 3 is 2.80 bits per heavy atom. The van der Waals surface area contributed by atoms with Crippen LogP contribution in [0.5, 0.6) is 0 Å². The minimum atomic E-state index is -3.85. The quantitative estimate of drug-likeness (QED) is 0.749. The maximum absolute atomic E-state index is 12.8. The Bertz CT molecular complexity index is 795. The van der Waals surface area contributed by atoms with E-state index < -0.39 is 15.9 Å². The van der Waals surface area contributed by atoms with Gasteiger partial charge in [0.25, 0.3) is 0 Å². The number of nitrogens with zero attached hydrogens (tertiary/aromatic N) is 2. The van der Waals surface area contributed by atoms with Gasteiger partial charge in [0.2, 0.25) is 21.8 Å². The summed E-state index contributed by atoms with van der Waals surface area (Å²) in [6, 6.07) is 6.02. The summed E-state index contributed by atoms with van der Waals surface area (Å²) in [4.78, 5) is 28.4. The number of sulfonamides is 1. The van der Waals surface area contributed by atoms with Gasteiger partial charge in [-0.3, -0.25) is 9.59 Å². The van der Waals surface area contributed by atoms with Crippen LogP contribution in [0.4, 0.5) is 5.69 Å². The van der Waals surface area contributed by atoms with E-state index in [0.29, 0.717) is 12.2 Å². The van der Waals surface area contributed by atoms with E-state index in [0.717, 1.165) is 13.1 Å². The van der Waals surface area contributed by atoms with E-state index in [1.54, 1.807) is 6.07 Å². The Kier molecular flexibility index (Phi) is 4.81. The fourth-order valence-corrected chi connectivity index (χ4v) is 3.91. The zero-order chi connectivity index (χ0) is 18.2. The highest BCUT2D eigenvalue weighted by atomic mass is 32.2. The molecule has 8 nitrogen and oxygen atoms in total. The molecule has 0 bridgehead atoms. The molecule has 0 radical (unpaired) electrons. The number of nitrogens with one attached hydrogen (secondary N) is 1. The molecular formula is C16H22N4O4S. The molecule has 1 aromatic rings. The maximum atomic E-state index is 12.8. The average molecular weight is 366 g/mol. The molecule has 2 aliphatic rings. The molecule has 2 heterocycles. The topological polar surface area (TPSA) is 113 Å². The van der Waals surface area contributed by atoms with Gasteiger partial charge < -0.3 is 15.1 Å². The van der Waals surface area contributed by atoms with Gasteiger partial charge in [-0.05, 0) is 25.1 Å². The number of benzene rings is 1. The molecule has 0 aromatic heterocycles. The van der Waals surface area contributed by atoms with Gasteiger partial charge in [-0.2, -0.15) is 0 Å². The highest BCUT2D eigenvalue weighted by Gasteiger charge is 2.38. The van der Waals surface area contributed by atoms with E-state index in [9.17, 15) is 18.0 Å². The molecule has 136 valence electrons. The number of hydrogen-bond donors (Lipinski definition) is 2. The lowest BCUT2D eigenvalue weighted by atomic mass is 10.1. The molecule has 3 rings (SSSR count). The molecule has 2 fully saturated rings. The van der Waals surface area contributed by atoms with Gasteiger partial charge in [0.05, 0.1) is 10.8 Å². The number of nitrogens with two attached hydrogens (primary N) is 1. The Hall–Kier alpha value is -1.97. The molecule has 2 aliphatic heterocycles. The van der Waals surface area contributed by atoms with Crippen LogP contribution in [0.2, 0.25) is 0 Å². The first-order valence-electron chi connectivity index (χ1n) is 8.22. The minimum absolute atomic E-state index is 0.0209. The lowest BCUT2D eigenvalue weighted by Gasteiger charge is -2.35. The third-order valence-corrected chi connectivity index (χ3v) is 5.63. The molecule has 1 aromatic carbocycles. The summed E-state index contributed by atoms with van der Waals surface area (Å²) in [5, 5.41) is 8.38. The molecular weight excluding hydrogens is 344 g/mol. The summed E-state index contributed by atoms with van der Waals surface area (Å²) in [7, 11) is -3.85. The first kappa shape index (κ1) is 17.8. The van der Waals surface area contributed by atoms with Gasteiger partial charge in [0.15, 0.2) is 0 Å². The van der Waals surface area contributed by atoms with Gasteiger partial charge in [0, 0.05) is 44.3 Å². The first-order chi connectivity index (χ1) is 11.8. The third-order valence-electron chi connectivity index (χ3n) is 4.72. The van der Waals surface area contributed by atoms with Crippen LogP contribution in [0.25, 0.3) is 0 Å². The Balaban J connectivity index is 1.78. The van der Waals surface area contributed by atoms with Crippen LogP contribution >= 0.6 is 0 Å². The monoisotopic (exact) mass is 366 g/mol. The van der Waals surface area contributed by atoms with Crippen molar-refractivity contribution in [1.29, 1.82) is 0 Å². The normalized spacial score (nSPS) is 24.6. The van der Waals surface area contributed by atoms with Crippen molar-refractivity contribution in [1.82, 2.24) is 10.2 Å². The van der Waals surface area contributed by atoms with Crippen LogP contribution in [-0.2, 0) is 19.6 Å². The number of anilines is 1. The highest BCUT2D eigenvalue weighted by Crippen LogP contribution is 2.28. The van der Waals surface area contributed by atoms with Crippen molar-refractivity contribution < 1.29 is 18.0 Å². The number of carbonyl (C=O) groups excluding carboxylic acids is 2. The predicted octanol–water partition coefficient (Wildman–Crippen LogP) is -0.493. The van der Waals surface area contributed by atoms with Crippen molar-refractivity contribution in [3.05, 3.63) is 24.3 Å². The number of hydrogen-bond acceptors (Lipinski definition) is 5. The maximum Gasteiger partial charge on any atom is 0.238 e. The SMILES string of the molecule is C[C@@H]1CNCCN1C(=O)[C@H]1CC(=O)N(c2cccc(S(N)(=O)=O)c2)C1. The summed E-state index contributed by atoms with van der Waals surface area (Å²) in [5.74, 6) is -0.619. The second-order valence-electron chi connectivity index (χ2n) is 6.53. The molecule has 0 unspecified atom stereocenters. The third kappa shape index (κ3) is 3.68. The van der Waals surface area contributed by atoms with E-state index in [1.807, 2.05) is 11.8 Å². The van der Waals surface area contributed by atoms with Crippen LogP contribution in [0.1, 0.15) is 13.3 Å². The average Bonchev–Trinajstić information content (AvgIpc) is 2.96. The molecule has 3 N–H and O–H groups in total. The zero-order valence-electron chi connectivity index (χ0n) is 14.0. The predicted molar refractivity (Wildman–Crippen MR) is 92.3 cm³/mol. The number of amides is 2. The van der Waals surface area contributed by atoms with Crippen LogP contribution in [0.15, 0.2) is 29.2 Å². The second kappa shape index (κ2) is 6.74. The molecule has 2 atom stereocenters. The largest absolute Gasteiger partial charge is 0.337 e. The van der Waals surface area contributed by atoms with Crippen molar-refractivity contribution in [3.8, 4) is 0 Å². The van der Waals surface area contributed by atoms with Crippen molar-refractivity contribution >= 4 is 27.5 Å². The molecule has 0 spiro atoms. The van der Waals surface area contributed by atoms with E-state index in [-0.39, 0.29) is 35.7 Å². The molecule has 2 amide bonds. The van der Waals surface area contributed by atoms with Gasteiger partial charge in [-0.15, -0.1) is 0 Å². The zero-order valence-corrected chi connectivity index (χ0v) is 14.8. The van der Waals surface area contributed by atoms with Gasteiger partial charge in [-0.25, -0.2) is 13.6 Å². The van der Waals surface area contributed by atoms with Crippen molar-refractivity contribution in [2.24, 2.45) is 11.1 Å². The lowest BCUT2D eigenvalue weighted by Crippen LogP contribution is -2.54. The van der Waals surface area contributed by atoms with Crippen LogP contribution in [-0.4, -0.2) is 57.4 Å². The van der Waals surface area contributed by atoms with Gasteiger partial charge in [0.1, 0.15) is 0 Å². The van der Waals surface area contributed by atoms with E-state index >= 15 is 0 Å². The molecule has 2 saturated heterocycles. The minimum Gasteiger partial charge on any atom is -0.337 e. The standard InChI is InChI=1S/C16H22N4O4S/c1-11-9-18-5-6-19(11)16(22)12-7-15(21)20(10-12)13-3-2-4-14(8-13)25(17,23)24/h2-4,8,11-12,18H,5-7,9-10H2,1H3,(H2,17,23,24)/t11-,12+/m1/s1. The highest BCUT2D eigenvalue weighted by molar-refractivity contribution is 7.89. The van der Waals surface area contributed by atoms with Gasteiger partial charge >= 0.3 is 0 Å². The summed E-state index contributed by atoms with van der Waals surface area (Å²) < 4.78 is 23.0. The molecule has 25 heavy (non-hydrogen) atoms. The molecule has 9 heteroatoms. The molecule has 0 aliphatic carbocycles. The van der Waals surface area contributed by atoms with Crippen molar-refractivity contribution in [2.75, 3.05) is 31.1 Å². The second-order valence-corrected chi connectivity index (χ2v) is 8.09. The summed E-state index contributed by atoms with van der Waals surface area (Å²) >= 11 is 0. The van der Waals surface area contributed by atoms with Crippen LogP contribution in [0.3, 0.4) is 0 Å². The number of carbonyl (C=O) groups is 2. The smallest absolute Gasteiger partial charge is 0.238 e. The first-order valence-corrected chi connectivity index (χ1v) is 9.76. The summed E-state index contributed by atoms with van der Waals surface area (Å²) in [6.07, 6.45) is 0.134. The number of primary sulfonamides is 1. The van der Waals surface area contributed by atoms with Crippen LogP contribution in [0, 0.1) is 5.92 Å². The van der Waals surface area contributed by atoms with E-state index in [1.165, 1.54) is 23.1 Å². The fraction of sp³-hybridized carbons (Fsp3) is 0.500. The van der Waals surface area contributed by atoms with Crippen molar-refractivity contribution in [2.45, 2.75) is 24.3 Å². The number of rotatable bonds is 3. The fourth-order valence-electron chi connectivity index (χ4n) is 3.35. The number of piperazine rings is 1. The Labute approximate surface area is 147 Å². The van der Waals surface area contributed by atoms with E-state index in [2.05, 4.69) is 5.32 Å². The van der Waals surface area contributed by atoms with E-state index in [4.69, 9.17) is 5.14 Å². The van der Waals surface area contributed by atoms with Gasteiger partial charge in [-0.1, -0.05) is 6.07 Å². The van der Waals surface area contributed by atoms with Crippen LogP contribution < -0.4 is 15.4 Å².